The third kappa shape index (κ3) is 2.96. The van der Waals surface area contributed by atoms with Gasteiger partial charge in [0.05, 0.1) is 6.10 Å². The predicted octanol–water partition coefficient (Wildman–Crippen LogP) is 1.08. The molecule has 3 heteroatoms. The van der Waals surface area contributed by atoms with Crippen molar-refractivity contribution in [3.63, 3.8) is 0 Å². The normalized spacial score (nSPS) is 35.6. The third-order valence-corrected chi connectivity index (χ3v) is 3.98. The Morgan fingerprint density at radius 1 is 1.25 bits per heavy atom. The molecule has 0 bridgehead atoms. The second-order valence-electron chi connectivity index (χ2n) is 6.50. The fraction of sp³-hybridized carbons (Fsp3) is 1.00. The zero-order valence-electron chi connectivity index (χ0n) is 10.9. The molecule has 1 aliphatic heterocycles. The fourth-order valence-electron chi connectivity index (χ4n) is 3.10. The van der Waals surface area contributed by atoms with Crippen molar-refractivity contribution >= 4 is 0 Å². The van der Waals surface area contributed by atoms with Gasteiger partial charge in [-0.25, -0.2) is 0 Å². The van der Waals surface area contributed by atoms with E-state index < -0.39 is 0 Å². The number of nitrogens with zero attached hydrogens (tertiary/aromatic N) is 1. The molecule has 3 atom stereocenters. The van der Waals surface area contributed by atoms with Crippen LogP contribution in [0.25, 0.3) is 0 Å². The van der Waals surface area contributed by atoms with E-state index in [0.29, 0.717) is 5.92 Å². The number of likely N-dealkylation sites (tertiary alicyclic amines) is 1. The van der Waals surface area contributed by atoms with Crippen LogP contribution in [0.4, 0.5) is 0 Å². The molecule has 1 aliphatic carbocycles. The SMILES string of the molecule is CC(C)(C)NCCN1CC2CCC(O)C2C1. The Bertz CT molecular complexity index is 237. The first kappa shape index (κ1) is 12.3. The number of rotatable bonds is 3. The van der Waals surface area contributed by atoms with Crippen molar-refractivity contribution in [3.8, 4) is 0 Å². The second kappa shape index (κ2) is 4.63. The second-order valence-corrected chi connectivity index (χ2v) is 6.50. The Hall–Kier alpha value is -0.120. The minimum atomic E-state index is -0.0226. The summed E-state index contributed by atoms with van der Waals surface area (Å²) in [4.78, 5) is 2.51. The molecule has 0 aromatic heterocycles. The summed E-state index contributed by atoms with van der Waals surface area (Å²) in [5, 5.41) is 13.4. The van der Waals surface area contributed by atoms with E-state index in [2.05, 4.69) is 31.0 Å². The zero-order valence-corrected chi connectivity index (χ0v) is 10.9. The maximum absolute atomic E-state index is 9.83. The van der Waals surface area contributed by atoms with Gasteiger partial charge in [-0.15, -0.1) is 0 Å². The fourth-order valence-corrected chi connectivity index (χ4v) is 3.10. The van der Waals surface area contributed by atoms with Gasteiger partial charge in [-0.2, -0.15) is 0 Å². The summed E-state index contributed by atoms with van der Waals surface area (Å²) in [6.45, 7) is 11.1. The van der Waals surface area contributed by atoms with E-state index in [-0.39, 0.29) is 11.6 Å². The zero-order chi connectivity index (χ0) is 11.8. The average Bonchev–Trinajstić information content (AvgIpc) is 2.67. The number of aliphatic hydroxyl groups is 1. The van der Waals surface area contributed by atoms with E-state index in [1.165, 1.54) is 13.0 Å². The lowest BCUT2D eigenvalue weighted by atomic mass is 10.00. The number of nitrogens with one attached hydrogen (secondary N) is 1. The van der Waals surface area contributed by atoms with Crippen LogP contribution in [0, 0.1) is 11.8 Å². The monoisotopic (exact) mass is 226 g/mol. The summed E-state index contributed by atoms with van der Waals surface area (Å²) in [5.74, 6) is 1.33. The Morgan fingerprint density at radius 3 is 2.62 bits per heavy atom. The van der Waals surface area contributed by atoms with Gasteiger partial charge < -0.3 is 15.3 Å². The molecule has 1 saturated heterocycles. The van der Waals surface area contributed by atoms with Crippen LogP contribution in [-0.2, 0) is 0 Å². The smallest absolute Gasteiger partial charge is 0.0583 e. The molecule has 0 aromatic rings. The van der Waals surface area contributed by atoms with Crippen LogP contribution in [0.3, 0.4) is 0 Å². The number of fused-ring (bicyclic) bond motifs is 1. The lowest BCUT2D eigenvalue weighted by molar-refractivity contribution is 0.124. The molecule has 2 N–H and O–H groups in total. The number of aliphatic hydroxyl groups excluding tert-OH is 1. The highest BCUT2D eigenvalue weighted by Crippen LogP contribution is 2.37. The van der Waals surface area contributed by atoms with E-state index >= 15 is 0 Å². The van der Waals surface area contributed by atoms with Crippen LogP contribution < -0.4 is 5.32 Å². The van der Waals surface area contributed by atoms with Gasteiger partial charge >= 0.3 is 0 Å². The topological polar surface area (TPSA) is 35.5 Å². The molecule has 0 aromatic carbocycles. The quantitative estimate of drug-likeness (QED) is 0.756. The van der Waals surface area contributed by atoms with Crippen LogP contribution in [0.2, 0.25) is 0 Å². The number of hydrogen-bond donors (Lipinski definition) is 2. The van der Waals surface area contributed by atoms with E-state index in [1.807, 2.05) is 0 Å². The summed E-state index contributed by atoms with van der Waals surface area (Å²) in [7, 11) is 0. The molecule has 3 nitrogen and oxygen atoms in total. The minimum Gasteiger partial charge on any atom is -0.393 e. The maximum Gasteiger partial charge on any atom is 0.0583 e. The number of hydrogen-bond acceptors (Lipinski definition) is 3. The molecule has 0 radical (unpaired) electrons. The van der Waals surface area contributed by atoms with Crippen molar-refractivity contribution in [2.45, 2.75) is 45.3 Å². The van der Waals surface area contributed by atoms with Crippen LogP contribution in [-0.4, -0.2) is 47.8 Å². The van der Waals surface area contributed by atoms with Crippen LogP contribution >= 0.6 is 0 Å². The predicted molar refractivity (Wildman–Crippen MR) is 66.4 cm³/mol. The van der Waals surface area contributed by atoms with E-state index in [9.17, 15) is 5.11 Å². The van der Waals surface area contributed by atoms with Gasteiger partial charge in [0.25, 0.3) is 0 Å². The van der Waals surface area contributed by atoms with Crippen LogP contribution in [0.15, 0.2) is 0 Å². The third-order valence-electron chi connectivity index (χ3n) is 3.98. The van der Waals surface area contributed by atoms with E-state index in [4.69, 9.17) is 0 Å². The van der Waals surface area contributed by atoms with Crippen LogP contribution in [0.1, 0.15) is 33.6 Å². The first-order valence-electron chi connectivity index (χ1n) is 6.61. The standard InChI is InChI=1S/C13H26N2O/c1-13(2,3)14-6-7-15-8-10-4-5-12(16)11(10)9-15/h10-12,14,16H,4-9H2,1-3H3. The average molecular weight is 226 g/mol. The van der Waals surface area contributed by atoms with Crippen molar-refractivity contribution in [1.82, 2.24) is 10.2 Å². The van der Waals surface area contributed by atoms with Gasteiger partial charge in [0.2, 0.25) is 0 Å². The Labute approximate surface area is 99.2 Å². The molecule has 16 heavy (non-hydrogen) atoms. The van der Waals surface area contributed by atoms with Crippen molar-refractivity contribution in [2.75, 3.05) is 26.2 Å². The molecule has 0 amide bonds. The van der Waals surface area contributed by atoms with E-state index in [0.717, 1.165) is 32.0 Å². The molecule has 2 aliphatic rings. The van der Waals surface area contributed by atoms with Crippen molar-refractivity contribution in [3.05, 3.63) is 0 Å². The van der Waals surface area contributed by atoms with Gasteiger partial charge in [-0.3, -0.25) is 0 Å². The van der Waals surface area contributed by atoms with Gasteiger partial charge in [0, 0.05) is 37.6 Å². The van der Waals surface area contributed by atoms with Crippen molar-refractivity contribution in [1.29, 1.82) is 0 Å². The van der Waals surface area contributed by atoms with Crippen molar-refractivity contribution < 1.29 is 5.11 Å². The molecular weight excluding hydrogens is 200 g/mol. The first-order valence-corrected chi connectivity index (χ1v) is 6.61. The molecule has 2 fully saturated rings. The Morgan fingerprint density at radius 2 is 2.00 bits per heavy atom. The Kier molecular flexibility index (Phi) is 3.57. The lowest BCUT2D eigenvalue weighted by Gasteiger charge is -2.24. The molecule has 0 spiro atoms. The maximum atomic E-state index is 9.83. The summed E-state index contributed by atoms with van der Waals surface area (Å²) in [6.07, 6.45) is 2.24. The summed E-state index contributed by atoms with van der Waals surface area (Å²) < 4.78 is 0. The van der Waals surface area contributed by atoms with E-state index in [1.54, 1.807) is 0 Å². The Balaban J connectivity index is 1.70. The first-order chi connectivity index (χ1) is 7.46. The van der Waals surface area contributed by atoms with Gasteiger partial charge in [0.15, 0.2) is 0 Å². The summed E-state index contributed by atoms with van der Waals surface area (Å²) in [5.41, 5.74) is 0.217. The summed E-state index contributed by atoms with van der Waals surface area (Å²) >= 11 is 0. The van der Waals surface area contributed by atoms with Crippen LogP contribution in [0.5, 0.6) is 0 Å². The largest absolute Gasteiger partial charge is 0.393 e. The highest BCUT2D eigenvalue weighted by atomic mass is 16.3. The molecule has 1 heterocycles. The lowest BCUT2D eigenvalue weighted by Crippen LogP contribution is -2.41. The van der Waals surface area contributed by atoms with Crippen molar-refractivity contribution in [2.24, 2.45) is 11.8 Å². The molecular formula is C13H26N2O. The highest BCUT2D eigenvalue weighted by molar-refractivity contribution is 4.93. The highest BCUT2D eigenvalue weighted by Gasteiger charge is 2.41. The molecule has 1 saturated carbocycles. The molecule has 94 valence electrons. The van der Waals surface area contributed by atoms with Gasteiger partial charge in [0.1, 0.15) is 0 Å². The van der Waals surface area contributed by atoms with Gasteiger partial charge in [-0.1, -0.05) is 0 Å². The van der Waals surface area contributed by atoms with Gasteiger partial charge in [-0.05, 0) is 39.5 Å². The molecule has 2 rings (SSSR count). The molecule has 3 unspecified atom stereocenters. The summed E-state index contributed by atoms with van der Waals surface area (Å²) in [6, 6.07) is 0. The minimum absolute atomic E-state index is 0.0226.